The second-order valence-corrected chi connectivity index (χ2v) is 4.34. The highest BCUT2D eigenvalue weighted by atomic mass is 16.5. The standard InChI is InChI=1S/C12H22O2/c1-14-9-5-4-7-11-6-2-3-8-12(13)10-11/h11H,2-10H2,1H3. The Morgan fingerprint density at radius 2 is 2.21 bits per heavy atom. The van der Waals surface area contributed by atoms with Crippen LogP contribution in [-0.4, -0.2) is 19.5 Å². The van der Waals surface area contributed by atoms with Crippen molar-refractivity contribution in [2.24, 2.45) is 5.92 Å². The average Bonchev–Trinajstić information content (AvgIpc) is 2.38. The van der Waals surface area contributed by atoms with Crippen LogP contribution in [-0.2, 0) is 9.53 Å². The van der Waals surface area contributed by atoms with Crippen molar-refractivity contribution in [1.29, 1.82) is 0 Å². The summed E-state index contributed by atoms with van der Waals surface area (Å²) in [5, 5.41) is 0. The molecule has 1 unspecified atom stereocenters. The number of ketones is 1. The van der Waals surface area contributed by atoms with Gasteiger partial charge in [-0.3, -0.25) is 4.79 Å². The molecule has 1 fully saturated rings. The van der Waals surface area contributed by atoms with Gasteiger partial charge < -0.3 is 4.74 Å². The van der Waals surface area contributed by atoms with Gasteiger partial charge in [-0.1, -0.05) is 19.3 Å². The third kappa shape index (κ3) is 4.75. The summed E-state index contributed by atoms with van der Waals surface area (Å²) >= 11 is 0. The first kappa shape index (κ1) is 11.7. The zero-order valence-electron chi connectivity index (χ0n) is 9.26. The minimum absolute atomic E-state index is 0.485. The molecular formula is C12H22O2. The van der Waals surface area contributed by atoms with E-state index in [1.54, 1.807) is 7.11 Å². The number of hydrogen-bond donors (Lipinski definition) is 0. The maximum absolute atomic E-state index is 11.4. The summed E-state index contributed by atoms with van der Waals surface area (Å²) in [4.78, 5) is 11.4. The highest BCUT2D eigenvalue weighted by Gasteiger charge is 2.16. The van der Waals surface area contributed by atoms with E-state index >= 15 is 0 Å². The van der Waals surface area contributed by atoms with E-state index < -0.39 is 0 Å². The van der Waals surface area contributed by atoms with E-state index in [4.69, 9.17) is 4.74 Å². The molecule has 0 aromatic rings. The maximum Gasteiger partial charge on any atom is 0.133 e. The minimum Gasteiger partial charge on any atom is -0.385 e. The van der Waals surface area contributed by atoms with E-state index in [0.29, 0.717) is 11.7 Å². The van der Waals surface area contributed by atoms with Gasteiger partial charge in [-0.15, -0.1) is 0 Å². The van der Waals surface area contributed by atoms with Crippen LogP contribution in [0.3, 0.4) is 0 Å². The smallest absolute Gasteiger partial charge is 0.133 e. The largest absolute Gasteiger partial charge is 0.385 e. The molecular weight excluding hydrogens is 176 g/mol. The molecule has 14 heavy (non-hydrogen) atoms. The first-order valence-electron chi connectivity index (χ1n) is 5.83. The van der Waals surface area contributed by atoms with E-state index in [1.807, 2.05) is 0 Å². The molecule has 0 radical (unpaired) electrons. The predicted molar refractivity (Wildman–Crippen MR) is 57.3 cm³/mol. The summed E-state index contributed by atoms with van der Waals surface area (Å²) in [6.45, 7) is 0.862. The lowest BCUT2D eigenvalue weighted by Crippen LogP contribution is -2.05. The Labute approximate surface area is 87.0 Å². The second kappa shape index (κ2) is 6.99. The summed E-state index contributed by atoms with van der Waals surface area (Å²) in [7, 11) is 1.75. The number of Topliss-reactive ketones (excluding diaryl/α,β-unsaturated/α-hetero) is 1. The number of rotatable bonds is 5. The predicted octanol–water partition coefficient (Wildman–Crippen LogP) is 2.95. The zero-order chi connectivity index (χ0) is 10.2. The van der Waals surface area contributed by atoms with Gasteiger partial charge in [0.15, 0.2) is 0 Å². The Balaban J connectivity index is 2.12. The number of ether oxygens (including phenoxy) is 1. The van der Waals surface area contributed by atoms with Crippen molar-refractivity contribution in [3.8, 4) is 0 Å². The fraction of sp³-hybridized carbons (Fsp3) is 0.917. The number of unbranched alkanes of at least 4 members (excludes halogenated alkanes) is 1. The van der Waals surface area contributed by atoms with Gasteiger partial charge in [-0.2, -0.15) is 0 Å². The van der Waals surface area contributed by atoms with Crippen LogP contribution in [0.2, 0.25) is 0 Å². The van der Waals surface area contributed by atoms with Crippen molar-refractivity contribution in [2.45, 2.75) is 51.4 Å². The Kier molecular flexibility index (Phi) is 5.85. The highest BCUT2D eigenvalue weighted by Crippen LogP contribution is 2.24. The molecule has 1 aliphatic carbocycles. The van der Waals surface area contributed by atoms with Gasteiger partial charge in [0.25, 0.3) is 0 Å². The molecule has 1 aliphatic rings. The molecule has 0 saturated heterocycles. The van der Waals surface area contributed by atoms with Crippen LogP contribution in [0.15, 0.2) is 0 Å². The third-order valence-corrected chi connectivity index (χ3v) is 3.05. The van der Waals surface area contributed by atoms with Gasteiger partial charge in [0.05, 0.1) is 0 Å². The maximum atomic E-state index is 11.4. The lowest BCUT2D eigenvalue weighted by molar-refractivity contribution is -0.119. The van der Waals surface area contributed by atoms with Gasteiger partial charge >= 0.3 is 0 Å². The van der Waals surface area contributed by atoms with Crippen molar-refractivity contribution in [3.05, 3.63) is 0 Å². The number of methoxy groups -OCH3 is 1. The summed E-state index contributed by atoms with van der Waals surface area (Å²) in [6, 6.07) is 0. The highest BCUT2D eigenvalue weighted by molar-refractivity contribution is 5.78. The third-order valence-electron chi connectivity index (χ3n) is 3.05. The van der Waals surface area contributed by atoms with Gasteiger partial charge in [0.2, 0.25) is 0 Å². The van der Waals surface area contributed by atoms with E-state index in [2.05, 4.69) is 0 Å². The summed E-state index contributed by atoms with van der Waals surface area (Å²) < 4.78 is 5.01. The number of carbonyl (C=O) groups is 1. The van der Waals surface area contributed by atoms with Crippen molar-refractivity contribution in [3.63, 3.8) is 0 Å². The van der Waals surface area contributed by atoms with Crippen molar-refractivity contribution >= 4 is 5.78 Å². The first-order chi connectivity index (χ1) is 6.83. The Morgan fingerprint density at radius 1 is 1.36 bits per heavy atom. The number of carbonyl (C=O) groups excluding carboxylic acids is 1. The zero-order valence-corrected chi connectivity index (χ0v) is 9.26. The molecule has 82 valence electrons. The lowest BCUT2D eigenvalue weighted by Gasteiger charge is -2.12. The summed E-state index contributed by atoms with van der Waals surface area (Å²) in [6.07, 6.45) is 8.87. The normalized spacial score (nSPS) is 23.5. The Morgan fingerprint density at radius 3 is 3.00 bits per heavy atom. The van der Waals surface area contributed by atoms with Crippen molar-refractivity contribution in [2.75, 3.05) is 13.7 Å². The fourth-order valence-electron chi connectivity index (χ4n) is 2.21. The summed E-state index contributed by atoms with van der Waals surface area (Å²) in [5.41, 5.74) is 0. The van der Waals surface area contributed by atoms with Crippen LogP contribution in [0.1, 0.15) is 51.4 Å². The van der Waals surface area contributed by atoms with Crippen LogP contribution in [0.4, 0.5) is 0 Å². The quantitative estimate of drug-likeness (QED) is 0.501. The monoisotopic (exact) mass is 198 g/mol. The van der Waals surface area contributed by atoms with Crippen LogP contribution in [0, 0.1) is 5.92 Å². The Hall–Kier alpha value is -0.370. The van der Waals surface area contributed by atoms with E-state index in [1.165, 1.54) is 25.7 Å². The molecule has 1 saturated carbocycles. The molecule has 2 heteroatoms. The van der Waals surface area contributed by atoms with Crippen LogP contribution in [0.25, 0.3) is 0 Å². The van der Waals surface area contributed by atoms with Crippen LogP contribution < -0.4 is 0 Å². The molecule has 0 bridgehead atoms. The fourth-order valence-corrected chi connectivity index (χ4v) is 2.21. The molecule has 0 aromatic heterocycles. The molecule has 0 spiro atoms. The van der Waals surface area contributed by atoms with Crippen LogP contribution in [0.5, 0.6) is 0 Å². The Bertz CT molecular complexity index is 166. The van der Waals surface area contributed by atoms with Gasteiger partial charge in [-0.25, -0.2) is 0 Å². The minimum atomic E-state index is 0.485. The molecule has 0 aromatic carbocycles. The summed E-state index contributed by atoms with van der Waals surface area (Å²) in [5.74, 6) is 1.15. The number of hydrogen-bond acceptors (Lipinski definition) is 2. The molecule has 1 rings (SSSR count). The van der Waals surface area contributed by atoms with E-state index in [-0.39, 0.29) is 0 Å². The first-order valence-corrected chi connectivity index (χ1v) is 5.83. The molecule has 0 N–H and O–H groups in total. The topological polar surface area (TPSA) is 26.3 Å². The second-order valence-electron chi connectivity index (χ2n) is 4.34. The van der Waals surface area contributed by atoms with E-state index in [0.717, 1.165) is 32.3 Å². The van der Waals surface area contributed by atoms with Crippen molar-refractivity contribution < 1.29 is 9.53 Å². The van der Waals surface area contributed by atoms with Gasteiger partial charge in [0, 0.05) is 26.6 Å². The van der Waals surface area contributed by atoms with Gasteiger partial charge in [-0.05, 0) is 25.2 Å². The average molecular weight is 198 g/mol. The molecule has 0 heterocycles. The van der Waals surface area contributed by atoms with Crippen molar-refractivity contribution in [1.82, 2.24) is 0 Å². The lowest BCUT2D eigenvalue weighted by atomic mass is 9.94. The van der Waals surface area contributed by atoms with Crippen LogP contribution >= 0.6 is 0 Å². The molecule has 1 atom stereocenters. The molecule has 0 aliphatic heterocycles. The van der Waals surface area contributed by atoms with E-state index in [9.17, 15) is 4.79 Å². The van der Waals surface area contributed by atoms with Gasteiger partial charge in [0.1, 0.15) is 5.78 Å². The molecule has 2 nitrogen and oxygen atoms in total. The molecule has 0 amide bonds. The SMILES string of the molecule is COCCCCC1CCCCC(=O)C1.